The van der Waals surface area contributed by atoms with E-state index in [2.05, 4.69) is 53.5 Å². The van der Waals surface area contributed by atoms with E-state index in [0.717, 1.165) is 22.6 Å². The van der Waals surface area contributed by atoms with Crippen LogP contribution in [-0.2, 0) is 0 Å². The van der Waals surface area contributed by atoms with E-state index in [-0.39, 0.29) is 0 Å². The molecule has 0 saturated heterocycles. The number of aromatic nitrogens is 2. The fourth-order valence-electron chi connectivity index (χ4n) is 2.79. The predicted molar refractivity (Wildman–Crippen MR) is 98.8 cm³/mol. The van der Waals surface area contributed by atoms with Crippen molar-refractivity contribution in [2.45, 2.75) is 0 Å². The molecular formula is C21H17N3. The maximum Gasteiger partial charge on any atom is 0.0999 e. The van der Waals surface area contributed by atoms with Crippen molar-refractivity contribution in [3.63, 3.8) is 0 Å². The number of anilines is 1. The average Bonchev–Trinajstić information content (AvgIpc) is 3.13. The van der Waals surface area contributed by atoms with Crippen LogP contribution in [0, 0.1) is 0 Å². The summed E-state index contributed by atoms with van der Waals surface area (Å²) in [6, 6.07) is 26.6. The molecule has 0 aliphatic carbocycles. The quantitative estimate of drug-likeness (QED) is 0.553. The van der Waals surface area contributed by atoms with Gasteiger partial charge in [0.1, 0.15) is 0 Å². The van der Waals surface area contributed by atoms with E-state index < -0.39 is 0 Å². The first kappa shape index (κ1) is 14.3. The SMILES string of the molecule is Nc1cccc(-c2cn(-c3cccc(-c4ccccc4)c3)cn2)c1. The molecule has 3 nitrogen and oxygen atoms in total. The fourth-order valence-corrected chi connectivity index (χ4v) is 2.79. The standard InChI is InChI=1S/C21H17N3/c22-19-10-4-9-18(12-19)21-14-24(15-23-21)20-11-5-8-17(13-20)16-6-2-1-3-7-16/h1-15H,22H2. The summed E-state index contributed by atoms with van der Waals surface area (Å²) < 4.78 is 2.03. The molecule has 0 aliphatic heterocycles. The van der Waals surface area contributed by atoms with Crippen molar-refractivity contribution >= 4 is 5.69 Å². The van der Waals surface area contributed by atoms with Gasteiger partial charge >= 0.3 is 0 Å². The number of hydrogen-bond acceptors (Lipinski definition) is 2. The van der Waals surface area contributed by atoms with Crippen molar-refractivity contribution < 1.29 is 0 Å². The molecule has 24 heavy (non-hydrogen) atoms. The maximum atomic E-state index is 5.86. The predicted octanol–water partition coefficient (Wildman–Crippen LogP) is 4.79. The zero-order valence-electron chi connectivity index (χ0n) is 13.1. The summed E-state index contributed by atoms with van der Waals surface area (Å²) in [4.78, 5) is 4.51. The normalized spacial score (nSPS) is 10.7. The lowest BCUT2D eigenvalue weighted by molar-refractivity contribution is 1.06. The van der Waals surface area contributed by atoms with E-state index in [9.17, 15) is 0 Å². The van der Waals surface area contributed by atoms with E-state index in [0.29, 0.717) is 0 Å². The third-order valence-corrected chi connectivity index (χ3v) is 4.02. The molecule has 0 bridgehead atoms. The van der Waals surface area contributed by atoms with Gasteiger partial charge in [0.25, 0.3) is 0 Å². The van der Waals surface area contributed by atoms with Gasteiger partial charge in [0.15, 0.2) is 0 Å². The molecule has 1 heterocycles. The van der Waals surface area contributed by atoms with Gasteiger partial charge in [-0.15, -0.1) is 0 Å². The maximum absolute atomic E-state index is 5.86. The van der Waals surface area contributed by atoms with Crippen LogP contribution in [0.15, 0.2) is 91.4 Å². The molecule has 0 saturated carbocycles. The molecule has 0 radical (unpaired) electrons. The van der Waals surface area contributed by atoms with Crippen LogP contribution in [0.1, 0.15) is 0 Å². The number of hydrogen-bond donors (Lipinski definition) is 1. The summed E-state index contributed by atoms with van der Waals surface area (Å²) in [6.07, 6.45) is 3.86. The van der Waals surface area contributed by atoms with Gasteiger partial charge in [-0.25, -0.2) is 4.98 Å². The Labute approximate surface area is 141 Å². The van der Waals surface area contributed by atoms with Gasteiger partial charge in [-0.05, 0) is 35.4 Å². The first-order chi connectivity index (χ1) is 11.8. The van der Waals surface area contributed by atoms with Crippen LogP contribution < -0.4 is 5.73 Å². The number of nitrogens with zero attached hydrogens (tertiary/aromatic N) is 2. The molecule has 1 aromatic heterocycles. The first-order valence-electron chi connectivity index (χ1n) is 7.85. The van der Waals surface area contributed by atoms with Gasteiger partial charge in [-0.1, -0.05) is 54.6 Å². The van der Waals surface area contributed by atoms with Gasteiger partial charge in [0.2, 0.25) is 0 Å². The summed E-state index contributed by atoms with van der Waals surface area (Å²) in [7, 11) is 0. The van der Waals surface area contributed by atoms with Crippen LogP contribution in [0.3, 0.4) is 0 Å². The second kappa shape index (κ2) is 6.05. The lowest BCUT2D eigenvalue weighted by Crippen LogP contribution is -1.90. The lowest BCUT2D eigenvalue weighted by Gasteiger charge is -2.06. The van der Waals surface area contributed by atoms with E-state index in [1.54, 1.807) is 0 Å². The van der Waals surface area contributed by atoms with Crippen LogP contribution in [0.25, 0.3) is 28.1 Å². The minimum Gasteiger partial charge on any atom is -0.399 e. The molecule has 0 spiro atoms. The Balaban J connectivity index is 1.70. The molecule has 0 unspecified atom stereocenters. The van der Waals surface area contributed by atoms with Gasteiger partial charge in [-0.2, -0.15) is 0 Å². The topological polar surface area (TPSA) is 43.8 Å². The zero-order chi connectivity index (χ0) is 16.4. The molecule has 0 atom stereocenters. The highest BCUT2D eigenvalue weighted by Gasteiger charge is 2.05. The van der Waals surface area contributed by atoms with Crippen LogP contribution in [0.5, 0.6) is 0 Å². The molecule has 2 N–H and O–H groups in total. The smallest absolute Gasteiger partial charge is 0.0999 e. The molecule has 3 heteroatoms. The Morgan fingerprint density at radius 3 is 2.29 bits per heavy atom. The number of imidazole rings is 1. The van der Waals surface area contributed by atoms with Gasteiger partial charge in [-0.3, -0.25) is 0 Å². The molecule has 116 valence electrons. The molecule has 4 aromatic rings. The van der Waals surface area contributed by atoms with E-state index in [1.165, 1.54) is 11.1 Å². The molecule has 0 amide bonds. The minimum absolute atomic E-state index is 0.744. The number of benzene rings is 3. The van der Waals surface area contributed by atoms with Gasteiger partial charge in [0.05, 0.1) is 12.0 Å². The van der Waals surface area contributed by atoms with Gasteiger partial charge < -0.3 is 10.3 Å². The van der Waals surface area contributed by atoms with Crippen molar-refractivity contribution in [3.8, 4) is 28.1 Å². The highest BCUT2D eigenvalue weighted by Crippen LogP contribution is 2.24. The van der Waals surface area contributed by atoms with Crippen LogP contribution in [0.4, 0.5) is 5.69 Å². The zero-order valence-corrected chi connectivity index (χ0v) is 13.1. The molecular weight excluding hydrogens is 294 g/mol. The van der Waals surface area contributed by atoms with E-state index in [4.69, 9.17) is 5.73 Å². The average molecular weight is 311 g/mol. The Morgan fingerprint density at radius 1 is 0.708 bits per heavy atom. The van der Waals surface area contributed by atoms with Crippen molar-refractivity contribution in [3.05, 3.63) is 91.4 Å². The van der Waals surface area contributed by atoms with Crippen LogP contribution in [0.2, 0.25) is 0 Å². The Hall–Kier alpha value is -3.33. The van der Waals surface area contributed by atoms with Gasteiger partial charge in [0, 0.05) is 23.1 Å². The number of nitrogen functional groups attached to an aromatic ring is 1. The third-order valence-electron chi connectivity index (χ3n) is 4.02. The summed E-state index contributed by atoms with van der Waals surface area (Å²) >= 11 is 0. The van der Waals surface area contributed by atoms with Crippen molar-refractivity contribution in [1.82, 2.24) is 9.55 Å². The highest BCUT2D eigenvalue weighted by atomic mass is 15.0. The second-order valence-electron chi connectivity index (χ2n) is 5.71. The number of nitrogens with two attached hydrogens (primary N) is 1. The fraction of sp³-hybridized carbons (Fsp3) is 0. The van der Waals surface area contributed by atoms with Crippen molar-refractivity contribution in [2.24, 2.45) is 0 Å². The molecule has 0 fully saturated rings. The first-order valence-corrected chi connectivity index (χ1v) is 7.85. The second-order valence-corrected chi connectivity index (χ2v) is 5.71. The summed E-state index contributed by atoms with van der Waals surface area (Å²) in [5.74, 6) is 0. The summed E-state index contributed by atoms with van der Waals surface area (Å²) in [5.41, 5.74) is 12.0. The largest absolute Gasteiger partial charge is 0.399 e. The third kappa shape index (κ3) is 2.79. The van der Waals surface area contributed by atoms with Crippen molar-refractivity contribution in [1.29, 1.82) is 0 Å². The number of rotatable bonds is 3. The van der Waals surface area contributed by atoms with E-state index in [1.807, 2.05) is 47.4 Å². The van der Waals surface area contributed by atoms with Crippen LogP contribution in [-0.4, -0.2) is 9.55 Å². The Morgan fingerprint density at radius 2 is 1.46 bits per heavy atom. The Kier molecular flexibility index (Phi) is 3.60. The molecule has 3 aromatic carbocycles. The Bertz CT molecular complexity index is 971. The highest BCUT2D eigenvalue weighted by molar-refractivity contribution is 5.67. The van der Waals surface area contributed by atoms with Crippen LogP contribution >= 0.6 is 0 Å². The molecule has 4 rings (SSSR count). The molecule has 0 aliphatic rings. The lowest BCUT2D eigenvalue weighted by atomic mass is 10.1. The van der Waals surface area contributed by atoms with Crippen molar-refractivity contribution in [2.75, 3.05) is 5.73 Å². The minimum atomic E-state index is 0.744. The summed E-state index contributed by atoms with van der Waals surface area (Å²) in [5, 5.41) is 0. The summed E-state index contributed by atoms with van der Waals surface area (Å²) in [6.45, 7) is 0. The van der Waals surface area contributed by atoms with E-state index >= 15 is 0 Å². The monoisotopic (exact) mass is 311 g/mol.